The highest BCUT2D eigenvalue weighted by Gasteiger charge is 2.32. The number of carboxylic acids is 1. The molecule has 2 N–H and O–H groups in total. The Morgan fingerprint density at radius 1 is 1.36 bits per heavy atom. The second-order valence-electron chi connectivity index (χ2n) is 8.56. The fourth-order valence-electron chi connectivity index (χ4n) is 4.17. The van der Waals surface area contributed by atoms with E-state index < -0.39 is 23.6 Å². The molecule has 2 aromatic rings. The van der Waals surface area contributed by atoms with Crippen LogP contribution in [0.25, 0.3) is 5.52 Å². The molecule has 6 heteroatoms. The average molecular weight is 386 g/mol. The third kappa shape index (κ3) is 4.16. The van der Waals surface area contributed by atoms with Crippen LogP contribution in [0.4, 0.5) is 4.79 Å². The number of ether oxygens (including phenoxy) is 1. The van der Waals surface area contributed by atoms with E-state index >= 15 is 0 Å². The number of rotatable bonds is 5. The topological polar surface area (TPSA) is 80.0 Å². The van der Waals surface area contributed by atoms with Crippen LogP contribution in [0.3, 0.4) is 0 Å². The summed E-state index contributed by atoms with van der Waals surface area (Å²) in [4.78, 5) is 24.1. The molecule has 1 unspecified atom stereocenters. The van der Waals surface area contributed by atoms with Crippen molar-refractivity contribution in [1.29, 1.82) is 0 Å². The number of hydrogen-bond acceptors (Lipinski definition) is 3. The van der Waals surface area contributed by atoms with Gasteiger partial charge in [0.1, 0.15) is 5.60 Å². The van der Waals surface area contributed by atoms with Crippen LogP contribution >= 0.6 is 0 Å². The zero-order valence-electron chi connectivity index (χ0n) is 17.1. The summed E-state index contributed by atoms with van der Waals surface area (Å²) in [5.41, 5.74) is 3.61. The number of pyridine rings is 1. The molecular weight excluding hydrogens is 356 g/mol. The molecular formula is C22H30N2O4. The lowest BCUT2D eigenvalue weighted by atomic mass is 9.85. The van der Waals surface area contributed by atoms with Gasteiger partial charge < -0.3 is 19.6 Å². The second-order valence-corrected chi connectivity index (χ2v) is 8.56. The van der Waals surface area contributed by atoms with E-state index in [-0.39, 0.29) is 6.04 Å². The first-order valence-electron chi connectivity index (χ1n) is 10.0. The van der Waals surface area contributed by atoms with Crippen LogP contribution < -0.4 is 5.32 Å². The van der Waals surface area contributed by atoms with Crippen LogP contribution in [0.1, 0.15) is 69.7 Å². The summed E-state index contributed by atoms with van der Waals surface area (Å²) in [5.74, 6) is -1.27. The van der Waals surface area contributed by atoms with Crippen molar-refractivity contribution in [3.8, 4) is 0 Å². The summed E-state index contributed by atoms with van der Waals surface area (Å²) in [5, 5.41) is 12.8. The predicted molar refractivity (Wildman–Crippen MR) is 108 cm³/mol. The zero-order chi connectivity index (χ0) is 20.5. The van der Waals surface area contributed by atoms with Gasteiger partial charge >= 0.3 is 12.1 Å². The standard InChI is InChI=1S/C22H30N2O4/c1-5-8-16(20(25)26)19-15-11-10-14(23-21(27)28-22(2,3)4)13-18(15)24-12-7-6-9-17(19)24/h6-7,9,12,14,16H,5,8,10-11,13H2,1-4H3,(H,23,27)(H,25,26)/t14-,16?/m1/s1. The number of alkyl carbamates (subject to hydrolysis) is 1. The molecule has 0 saturated carbocycles. The molecule has 1 amide bonds. The fourth-order valence-corrected chi connectivity index (χ4v) is 4.17. The van der Waals surface area contributed by atoms with Crippen LogP contribution in [0.2, 0.25) is 0 Å². The van der Waals surface area contributed by atoms with Crippen LogP contribution in [0, 0.1) is 0 Å². The number of carbonyl (C=O) groups is 2. The van der Waals surface area contributed by atoms with E-state index in [1.165, 1.54) is 0 Å². The highest BCUT2D eigenvalue weighted by Crippen LogP contribution is 2.37. The quantitative estimate of drug-likeness (QED) is 0.803. The summed E-state index contributed by atoms with van der Waals surface area (Å²) in [6.07, 6.45) is 5.21. The summed E-state index contributed by atoms with van der Waals surface area (Å²) < 4.78 is 7.48. The van der Waals surface area contributed by atoms with E-state index in [0.29, 0.717) is 12.8 Å². The van der Waals surface area contributed by atoms with Gasteiger partial charge in [0, 0.05) is 29.9 Å². The first kappa shape index (κ1) is 20.2. The molecule has 0 fully saturated rings. The maximum atomic E-state index is 12.2. The molecule has 0 aromatic carbocycles. The van der Waals surface area contributed by atoms with Gasteiger partial charge in [0.25, 0.3) is 0 Å². The Kier molecular flexibility index (Phi) is 5.68. The Morgan fingerprint density at radius 2 is 2.11 bits per heavy atom. The lowest BCUT2D eigenvalue weighted by molar-refractivity contribution is -0.139. The van der Waals surface area contributed by atoms with Gasteiger partial charge in [-0.25, -0.2) is 4.79 Å². The van der Waals surface area contributed by atoms with E-state index in [9.17, 15) is 14.7 Å². The van der Waals surface area contributed by atoms with Crippen molar-refractivity contribution in [3.05, 3.63) is 41.2 Å². The van der Waals surface area contributed by atoms with Gasteiger partial charge in [0.2, 0.25) is 0 Å². The van der Waals surface area contributed by atoms with Gasteiger partial charge in [0.15, 0.2) is 0 Å². The van der Waals surface area contributed by atoms with Crippen molar-refractivity contribution in [3.63, 3.8) is 0 Å². The number of hydrogen-bond donors (Lipinski definition) is 2. The molecule has 1 aliphatic carbocycles. The SMILES string of the molecule is CCCC(C(=O)O)c1c2c(n3ccccc13)C[C@H](NC(=O)OC(C)(C)C)CC2. The summed E-state index contributed by atoms with van der Waals surface area (Å²) in [7, 11) is 0. The Balaban J connectivity index is 1.94. The summed E-state index contributed by atoms with van der Waals surface area (Å²) in [6.45, 7) is 7.55. The molecule has 0 bridgehead atoms. The van der Waals surface area contributed by atoms with Gasteiger partial charge in [-0.1, -0.05) is 19.4 Å². The molecule has 0 aliphatic heterocycles. The first-order chi connectivity index (χ1) is 13.2. The van der Waals surface area contributed by atoms with Crippen molar-refractivity contribution in [2.45, 2.75) is 77.4 Å². The summed E-state index contributed by atoms with van der Waals surface area (Å²) >= 11 is 0. The second kappa shape index (κ2) is 7.86. The normalized spacial score (nSPS) is 17.8. The van der Waals surface area contributed by atoms with E-state index in [2.05, 4.69) is 9.72 Å². The number of aliphatic carboxylic acids is 1. The average Bonchev–Trinajstić information content (AvgIpc) is 2.91. The van der Waals surface area contributed by atoms with Crippen LogP contribution in [0.15, 0.2) is 24.4 Å². The van der Waals surface area contributed by atoms with Crippen LogP contribution in [-0.2, 0) is 22.4 Å². The van der Waals surface area contributed by atoms with Crippen LogP contribution in [0.5, 0.6) is 0 Å². The number of nitrogens with one attached hydrogen (secondary N) is 1. The number of nitrogens with zero attached hydrogens (tertiary/aromatic N) is 1. The Labute approximate surface area is 165 Å². The maximum absolute atomic E-state index is 12.2. The maximum Gasteiger partial charge on any atom is 0.407 e. The fraction of sp³-hybridized carbons (Fsp3) is 0.545. The highest BCUT2D eigenvalue weighted by molar-refractivity contribution is 5.82. The van der Waals surface area contributed by atoms with Gasteiger partial charge in [-0.05, 0) is 63.3 Å². The molecule has 0 spiro atoms. The molecule has 28 heavy (non-hydrogen) atoms. The zero-order valence-corrected chi connectivity index (χ0v) is 17.1. The van der Waals surface area contributed by atoms with Crippen molar-refractivity contribution in [2.75, 3.05) is 0 Å². The van der Waals surface area contributed by atoms with E-state index in [1.54, 1.807) is 0 Å². The third-order valence-corrected chi connectivity index (χ3v) is 5.23. The van der Waals surface area contributed by atoms with Crippen molar-refractivity contribution >= 4 is 17.6 Å². The molecule has 152 valence electrons. The van der Waals surface area contributed by atoms with Gasteiger partial charge in [0.05, 0.1) is 5.92 Å². The lowest BCUT2D eigenvalue weighted by Crippen LogP contribution is -2.42. The number of fused-ring (bicyclic) bond motifs is 3. The van der Waals surface area contributed by atoms with Gasteiger partial charge in [-0.15, -0.1) is 0 Å². The Hall–Kier alpha value is -2.50. The Bertz CT molecular complexity index is 879. The van der Waals surface area contributed by atoms with Crippen molar-refractivity contribution in [1.82, 2.24) is 9.72 Å². The predicted octanol–water partition coefficient (Wildman–Crippen LogP) is 4.29. The molecule has 0 saturated heterocycles. The number of amides is 1. The van der Waals surface area contributed by atoms with E-state index in [4.69, 9.17) is 4.74 Å². The first-order valence-corrected chi connectivity index (χ1v) is 10.0. The van der Waals surface area contributed by atoms with Gasteiger partial charge in [-0.3, -0.25) is 4.79 Å². The largest absolute Gasteiger partial charge is 0.481 e. The molecule has 3 rings (SSSR count). The monoisotopic (exact) mass is 386 g/mol. The third-order valence-electron chi connectivity index (χ3n) is 5.23. The molecule has 6 nitrogen and oxygen atoms in total. The highest BCUT2D eigenvalue weighted by atomic mass is 16.6. The molecule has 2 aromatic heterocycles. The van der Waals surface area contributed by atoms with E-state index in [1.807, 2.05) is 52.1 Å². The minimum Gasteiger partial charge on any atom is -0.481 e. The minimum absolute atomic E-state index is 0.0250. The van der Waals surface area contributed by atoms with Crippen LogP contribution in [-0.4, -0.2) is 33.2 Å². The lowest BCUT2D eigenvalue weighted by Gasteiger charge is -2.27. The summed E-state index contributed by atoms with van der Waals surface area (Å²) in [6, 6.07) is 5.88. The Morgan fingerprint density at radius 3 is 2.75 bits per heavy atom. The number of carbonyl (C=O) groups excluding carboxylic acids is 1. The minimum atomic E-state index is -0.769. The number of aromatic nitrogens is 1. The number of carboxylic acid groups (broad SMARTS) is 1. The van der Waals surface area contributed by atoms with E-state index in [0.717, 1.165) is 41.6 Å². The van der Waals surface area contributed by atoms with Gasteiger partial charge in [-0.2, -0.15) is 0 Å². The molecule has 2 heterocycles. The molecule has 0 radical (unpaired) electrons. The molecule has 2 atom stereocenters. The van der Waals surface area contributed by atoms with Crippen molar-refractivity contribution in [2.24, 2.45) is 0 Å². The van der Waals surface area contributed by atoms with Crippen molar-refractivity contribution < 1.29 is 19.4 Å². The smallest absolute Gasteiger partial charge is 0.407 e. The molecule has 1 aliphatic rings.